The molecular formula is C13H9N2Zn-. The van der Waals surface area contributed by atoms with E-state index in [9.17, 15) is 0 Å². The fourth-order valence-corrected chi connectivity index (χ4v) is 1.63. The predicted molar refractivity (Wildman–Crippen MR) is 60.4 cm³/mol. The fraction of sp³-hybridized carbons (Fsp3) is 0. The summed E-state index contributed by atoms with van der Waals surface area (Å²) >= 11 is 0. The molecule has 0 radical (unpaired) electrons. The van der Waals surface area contributed by atoms with E-state index in [1.165, 1.54) is 0 Å². The molecule has 0 spiro atoms. The van der Waals surface area contributed by atoms with Gasteiger partial charge in [0.05, 0.1) is 11.0 Å². The third kappa shape index (κ3) is 1.91. The minimum Gasteiger partial charge on any atom is -0.340 e. The van der Waals surface area contributed by atoms with E-state index in [4.69, 9.17) is 0 Å². The van der Waals surface area contributed by atoms with Gasteiger partial charge in [0.15, 0.2) is 0 Å². The van der Waals surface area contributed by atoms with Crippen molar-refractivity contribution in [2.24, 2.45) is 0 Å². The van der Waals surface area contributed by atoms with Crippen LogP contribution in [0.25, 0.3) is 22.4 Å². The van der Waals surface area contributed by atoms with Crippen LogP contribution >= 0.6 is 0 Å². The number of fused-ring (bicyclic) bond motifs is 1. The maximum Gasteiger partial charge on any atom is 0.114 e. The van der Waals surface area contributed by atoms with Gasteiger partial charge in [-0.3, -0.25) is 0 Å². The Morgan fingerprint density at radius 1 is 1.00 bits per heavy atom. The number of benzene rings is 2. The van der Waals surface area contributed by atoms with E-state index in [1.54, 1.807) is 0 Å². The van der Waals surface area contributed by atoms with Gasteiger partial charge in [-0.1, -0.05) is 17.7 Å². The summed E-state index contributed by atoms with van der Waals surface area (Å²) in [6.07, 6.45) is 0. The van der Waals surface area contributed by atoms with Crippen molar-refractivity contribution in [2.75, 3.05) is 0 Å². The summed E-state index contributed by atoms with van der Waals surface area (Å²) in [6, 6.07) is 18.8. The first kappa shape index (κ1) is 11.0. The number of aromatic amines is 1. The Labute approximate surface area is 106 Å². The normalized spacial score (nSPS) is 10.0. The van der Waals surface area contributed by atoms with Crippen LogP contribution in [0.5, 0.6) is 0 Å². The number of H-pyrrole nitrogens is 1. The number of aromatic nitrogens is 2. The number of rotatable bonds is 1. The van der Waals surface area contributed by atoms with Crippen LogP contribution in [0.4, 0.5) is 0 Å². The van der Waals surface area contributed by atoms with Crippen LogP contribution in [0.2, 0.25) is 0 Å². The van der Waals surface area contributed by atoms with E-state index in [1.807, 2.05) is 48.5 Å². The molecule has 1 N–H and O–H groups in total. The van der Waals surface area contributed by atoms with Crippen molar-refractivity contribution in [1.82, 2.24) is 9.97 Å². The Morgan fingerprint density at radius 2 is 1.75 bits per heavy atom. The van der Waals surface area contributed by atoms with Gasteiger partial charge >= 0.3 is 0 Å². The third-order valence-electron chi connectivity index (χ3n) is 2.38. The largest absolute Gasteiger partial charge is 0.340 e. The molecule has 16 heavy (non-hydrogen) atoms. The standard InChI is InChI=1S/C13H9N2.Zn/c1-2-6-10(7-3-1)13-14-11-8-4-5-9-12(11)15-13;/h2-9H,(H,14,15);/q-1;. The number of nitrogens with zero attached hydrogens (tertiary/aromatic N) is 1. The summed E-state index contributed by atoms with van der Waals surface area (Å²) in [6.45, 7) is 0. The second-order valence-electron chi connectivity index (χ2n) is 3.39. The Bertz CT molecular complexity index is 554. The van der Waals surface area contributed by atoms with E-state index in [2.05, 4.69) is 16.0 Å². The fourth-order valence-electron chi connectivity index (χ4n) is 1.63. The Morgan fingerprint density at radius 3 is 2.50 bits per heavy atom. The molecule has 2 aromatic carbocycles. The molecular weight excluding hydrogens is 250 g/mol. The molecule has 1 aromatic heterocycles. The number of para-hydroxylation sites is 2. The Kier molecular flexibility index (Phi) is 3.16. The van der Waals surface area contributed by atoms with Crippen LogP contribution < -0.4 is 0 Å². The molecule has 1 heterocycles. The summed E-state index contributed by atoms with van der Waals surface area (Å²) in [4.78, 5) is 7.80. The van der Waals surface area contributed by atoms with E-state index >= 15 is 0 Å². The third-order valence-corrected chi connectivity index (χ3v) is 2.38. The zero-order chi connectivity index (χ0) is 10.1. The Balaban J connectivity index is 0.000000963. The first-order valence-corrected chi connectivity index (χ1v) is 4.85. The van der Waals surface area contributed by atoms with Gasteiger partial charge in [0.1, 0.15) is 5.82 Å². The van der Waals surface area contributed by atoms with Crippen molar-refractivity contribution < 1.29 is 19.5 Å². The molecule has 0 aliphatic heterocycles. The quantitative estimate of drug-likeness (QED) is 0.527. The molecule has 0 fully saturated rings. The minimum absolute atomic E-state index is 0. The van der Waals surface area contributed by atoms with Gasteiger partial charge in [0, 0.05) is 19.5 Å². The summed E-state index contributed by atoms with van der Waals surface area (Å²) in [7, 11) is 0. The van der Waals surface area contributed by atoms with Crippen molar-refractivity contribution in [2.45, 2.75) is 0 Å². The van der Waals surface area contributed by atoms with Crippen LogP contribution in [-0.2, 0) is 19.5 Å². The molecule has 0 aliphatic carbocycles. The van der Waals surface area contributed by atoms with E-state index in [0.717, 1.165) is 22.4 Å². The van der Waals surface area contributed by atoms with E-state index in [-0.39, 0.29) is 19.5 Å². The molecule has 0 saturated heterocycles. The maximum absolute atomic E-state index is 4.51. The van der Waals surface area contributed by atoms with Crippen LogP contribution in [0, 0.1) is 6.07 Å². The van der Waals surface area contributed by atoms with Gasteiger partial charge in [0.25, 0.3) is 0 Å². The summed E-state index contributed by atoms with van der Waals surface area (Å²) in [5.74, 6) is 0.908. The number of imidazole rings is 1. The topological polar surface area (TPSA) is 28.7 Å². The van der Waals surface area contributed by atoms with Crippen molar-refractivity contribution in [3.05, 3.63) is 54.6 Å². The molecule has 3 rings (SSSR count). The average Bonchev–Trinajstić information content (AvgIpc) is 2.74. The molecule has 3 aromatic rings. The smallest absolute Gasteiger partial charge is 0.114 e. The van der Waals surface area contributed by atoms with Crippen LogP contribution in [0.1, 0.15) is 0 Å². The second kappa shape index (κ2) is 4.58. The summed E-state index contributed by atoms with van der Waals surface area (Å²) in [5, 5.41) is 0. The zero-order valence-electron chi connectivity index (χ0n) is 8.77. The van der Waals surface area contributed by atoms with Gasteiger partial charge in [-0.2, -0.15) is 30.3 Å². The first-order valence-electron chi connectivity index (χ1n) is 4.85. The second-order valence-corrected chi connectivity index (χ2v) is 3.39. The molecule has 0 aliphatic rings. The van der Waals surface area contributed by atoms with Gasteiger partial charge < -0.3 is 4.98 Å². The zero-order valence-corrected chi connectivity index (χ0v) is 11.7. The number of nitrogens with one attached hydrogen (secondary N) is 1. The van der Waals surface area contributed by atoms with Crippen molar-refractivity contribution in [3.8, 4) is 11.4 Å². The Hall–Kier alpha value is -1.47. The van der Waals surface area contributed by atoms with Crippen LogP contribution in [0.15, 0.2) is 48.5 Å². The molecule has 0 amide bonds. The molecule has 74 valence electrons. The van der Waals surface area contributed by atoms with Gasteiger partial charge in [-0.05, 0) is 12.1 Å². The summed E-state index contributed by atoms with van der Waals surface area (Å²) < 4.78 is 0. The van der Waals surface area contributed by atoms with Crippen LogP contribution in [-0.4, -0.2) is 9.97 Å². The molecule has 2 nitrogen and oxygen atoms in total. The van der Waals surface area contributed by atoms with Crippen LogP contribution in [0.3, 0.4) is 0 Å². The first-order chi connectivity index (χ1) is 7.43. The molecule has 3 heteroatoms. The molecule has 0 saturated carbocycles. The molecule has 0 unspecified atom stereocenters. The average molecular weight is 259 g/mol. The molecule has 0 bridgehead atoms. The van der Waals surface area contributed by atoms with Crippen molar-refractivity contribution >= 4 is 11.0 Å². The van der Waals surface area contributed by atoms with Gasteiger partial charge in [-0.25, -0.2) is 4.98 Å². The monoisotopic (exact) mass is 257 g/mol. The van der Waals surface area contributed by atoms with Gasteiger partial charge in [-0.15, -0.1) is 0 Å². The maximum atomic E-state index is 4.51. The predicted octanol–water partition coefficient (Wildman–Crippen LogP) is 3.03. The number of hydrogen-bond acceptors (Lipinski definition) is 1. The van der Waals surface area contributed by atoms with E-state index < -0.39 is 0 Å². The summed E-state index contributed by atoms with van der Waals surface area (Å²) in [5.41, 5.74) is 3.16. The van der Waals surface area contributed by atoms with E-state index in [0.29, 0.717) is 0 Å². The van der Waals surface area contributed by atoms with Crippen molar-refractivity contribution in [1.29, 1.82) is 0 Å². The minimum atomic E-state index is 0. The van der Waals surface area contributed by atoms with Crippen molar-refractivity contribution in [3.63, 3.8) is 0 Å². The number of hydrogen-bond donors (Lipinski definition) is 1. The van der Waals surface area contributed by atoms with Gasteiger partial charge in [0.2, 0.25) is 0 Å². The SMILES string of the molecule is [Zn].[c-]1ccc(-c2nc3ccccc3[nH]2)cc1. The molecule has 0 atom stereocenters.